The van der Waals surface area contributed by atoms with Crippen molar-refractivity contribution in [2.45, 2.75) is 13.3 Å². The number of hydrogen-bond donors (Lipinski definition) is 2. The fourth-order valence-electron chi connectivity index (χ4n) is 1.89. The Morgan fingerprint density at radius 2 is 1.90 bits per heavy atom. The number of nitrogens with one attached hydrogen (secondary N) is 2. The lowest BCUT2D eigenvalue weighted by molar-refractivity contribution is -0.384. The zero-order valence-corrected chi connectivity index (χ0v) is 13.2. The van der Waals surface area contributed by atoms with Crippen LogP contribution in [0.15, 0.2) is 46.9 Å². The summed E-state index contributed by atoms with van der Waals surface area (Å²) in [6, 6.07) is 12.6. The molecule has 0 unspecified atom stereocenters. The molecule has 0 amide bonds. The van der Waals surface area contributed by atoms with Crippen molar-refractivity contribution in [3.05, 3.63) is 57.1 Å². The second kappa shape index (κ2) is 7.08. The Morgan fingerprint density at radius 1 is 1.14 bits per heavy atom. The molecule has 0 aliphatic rings. The molecule has 0 aliphatic carbocycles. The van der Waals surface area contributed by atoms with Gasteiger partial charge in [0.1, 0.15) is 0 Å². The van der Waals surface area contributed by atoms with E-state index in [1.807, 2.05) is 37.3 Å². The lowest BCUT2D eigenvalue weighted by Gasteiger charge is -2.10. The number of halogens is 1. The van der Waals surface area contributed by atoms with E-state index in [2.05, 4.69) is 26.6 Å². The van der Waals surface area contributed by atoms with Gasteiger partial charge in [-0.15, -0.1) is 0 Å². The molecule has 0 radical (unpaired) electrons. The molecule has 2 aromatic carbocycles. The van der Waals surface area contributed by atoms with Gasteiger partial charge < -0.3 is 10.6 Å². The van der Waals surface area contributed by atoms with Crippen LogP contribution in [0.4, 0.5) is 22.7 Å². The molecule has 6 heteroatoms. The summed E-state index contributed by atoms with van der Waals surface area (Å²) < 4.78 is 0.947. The molecule has 2 rings (SSSR count). The maximum atomic E-state index is 11.0. The zero-order valence-electron chi connectivity index (χ0n) is 11.6. The molecule has 0 spiro atoms. The van der Waals surface area contributed by atoms with Crippen LogP contribution in [-0.2, 0) is 0 Å². The first-order chi connectivity index (χ1) is 10.1. The van der Waals surface area contributed by atoms with E-state index >= 15 is 0 Å². The van der Waals surface area contributed by atoms with Crippen molar-refractivity contribution in [3.63, 3.8) is 0 Å². The molecule has 0 saturated heterocycles. The van der Waals surface area contributed by atoms with Crippen LogP contribution < -0.4 is 10.6 Å². The van der Waals surface area contributed by atoms with Gasteiger partial charge in [-0.05, 0) is 30.7 Å². The summed E-state index contributed by atoms with van der Waals surface area (Å²) in [6.45, 7) is 2.82. The minimum Gasteiger partial charge on any atom is -0.385 e. The highest BCUT2D eigenvalue weighted by Gasteiger charge is 2.10. The summed E-state index contributed by atoms with van der Waals surface area (Å²) in [5.41, 5.74) is 2.35. The van der Waals surface area contributed by atoms with Crippen LogP contribution in [0, 0.1) is 10.1 Å². The monoisotopic (exact) mass is 349 g/mol. The molecule has 0 fully saturated rings. The molecular formula is C15H16BrN3O2. The molecule has 2 aromatic rings. The van der Waals surface area contributed by atoms with Crippen molar-refractivity contribution in [1.29, 1.82) is 0 Å². The Morgan fingerprint density at radius 3 is 2.57 bits per heavy atom. The van der Waals surface area contributed by atoms with Gasteiger partial charge in [0.05, 0.1) is 4.92 Å². The van der Waals surface area contributed by atoms with Crippen molar-refractivity contribution in [2.75, 3.05) is 17.2 Å². The molecule has 0 atom stereocenters. The molecular weight excluding hydrogens is 334 g/mol. The minimum atomic E-state index is -0.386. The number of nitro benzene ring substituents is 1. The van der Waals surface area contributed by atoms with E-state index in [0.29, 0.717) is 5.69 Å². The number of anilines is 3. The Balaban J connectivity index is 2.28. The Bertz CT molecular complexity index is 647. The van der Waals surface area contributed by atoms with E-state index < -0.39 is 0 Å². The molecule has 0 heterocycles. The van der Waals surface area contributed by atoms with Gasteiger partial charge >= 0.3 is 0 Å². The number of nitro groups is 1. The zero-order chi connectivity index (χ0) is 15.2. The first-order valence-corrected chi connectivity index (χ1v) is 7.43. The van der Waals surface area contributed by atoms with Crippen molar-refractivity contribution in [3.8, 4) is 0 Å². The maximum absolute atomic E-state index is 11.0. The third-order valence-corrected chi connectivity index (χ3v) is 3.31. The third-order valence-electron chi connectivity index (χ3n) is 2.82. The number of non-ortho nitro benzene ring substituents is 1. The number of hydrogen-bond acceptors (Lipinski definition) is 4. The Hall–Kier alpha value is -2.08. The topological polar surface area (TPSA) is 67.2 Å². The van der Waals surface area contributed by atoms with Crippen molar-refractivity contribution in [1.82, 2.24) is 0 Å². The third kappa shape index (κ3) is 4.46. The highest BCUT2D eigenvalue weighted by molar-refractivity contribution is 9.10. The largest absolute Gasteiger partial charge is 0.385 e. The molecule has 2 N–H and O–H groups in total. The molecule has 0 bridgehead atoms. The molecule has 5 nitrogen and oxygen atoms in total. The number of nitrogens with zero attached hydrogens (tertiary/aromatic N) is 1. The average Bonchev–Trinajstić information content (AvgIpc) is 2.45. The summed E-state index contributed by atoms with van der Waals surface area (Å²) >= 11 is 3.40. The maximum Gasteiger partial charge on any atom is 0.273 e. The summed E-state index contributed by atoms with van der Waals surface area (Å²) in [7, 11) is 0. The van der Waals surface area contributed by atoms with Crippen LogP contribution in [0.25, 0.3) is 0 Å². The smallest absolute Gasteiger partial charge is 0.273 e. The second-order valence-corrected chi connectivity index (χ2v) is 5.50. The minimum absolute atomic E-state index is 0.0635. The van der Waals surface area contributed by atoms with E-state index in [-0.39, 0.29) is 10.6 Å². The number of benzene rings is 2. The second-order valence-electron chi connectivity index (χ2n) is 4.59. The molecule has 110 valence electrons. The predicted octanol–water partition coefficient (Wildman–Crippen LogP) is 4.92. The van der Waals surface area contributed by atoms with Crippen molar-refractivity contribution in [2.24, 2.45) is 0 Å². The van der Waals surface area contributed by atoms with Crippen LogP contribution in [0.2, 0.25) is 0 Å². The van der Waals surface area contributed by atoms with Gasteiger partial charge in [0.15, 0.2) is 0 Å². The molecule has 0 aromatic heterocycles. The summed E-state index contributed by atoms with van der Waals surface area (Å²) in [4.78, 5) is 10.6. The van der Waals surface area contributed by atoms with Crippen LogP contribution in [0.1, 0.15) is 13.3 Å². The van der Waals surface area contributed by atoms with Crippen molar-refractivity contribution >= 4 is 38.7 Å². The van der Waals surface area contributed by atoms with Gasteiger partial charge in [-0.25, -0.2) is 0 Å². The fraction of sp³-hybridized carbons (Fsp3) is 0.200. The summed E-state index contributed by atoms with van der Waals surface area (Å²) in [5.74, 6) is 0. The first kappa shape index (κ1) is 15.3. The Labute approximate surface area is 131 Å². The molecule has 0 saturated carbocycles. The van der Waals surface area contributed by atoms with Gasteiger partial charge in [-0.2, -0.15) is 0 Å². The predicted molar refractivity (Wildman–Crippen MR) is 89.3 cm³/mol. The van der Waals surface area contributed by atoms with E-state index in [9.17, 15) is 10.1 Å². The normalized spacial score (nSPS) is 10.2. The molecule has 21 heavy (non-hydrogen) atoms. The van der Waals surface area contributed by atoms with Crippen LogP contribution in [0.3, 0.4) is 0 Å². The lowest BCUT2D eigenvalue weighted by Crippen LogP contribution is -2.02. The highest BCUT2D eigenvalue weighted by atomic mass is 79.9. The van der Waals surface area contributed by atoms with Crippen LogP contribution >= 0.6 is 15.9 Å². The SMILES string of the molecule is CCCNc1cc(Nc2cccc(Br)c2)cc([N+](=O)[O-])c1. The van der Waals surface area contributed by atoms with Crippen LogP contribution in [-0.4, -0.2) is 11.5 Å². The van der Waals surface area contributed by atoms with E-state index in [0.717, 1.165) is 28.8 Å². The lowest BCUT2D eigenvalue weighted by atomic mass is 10.2. The van der Waals surface area contributed by atoms with Gasteiger partial charge in [-0.1, -0.05) is 28.9 Å². The van der Waals surface area contributed by atoms with E-state index in [4.69, 9.17) is 0 Å². The van der Waals surface area contributed by atoms with Crippen molar-refractivity contribution < 1.29 is 4.92 Å². The summed E-state index contributed by atoms with van der Waals surface area (Å²) in [6.07, 6.45) is 0.955. The van der Waals surface area contributed by atoms with Gasteiger partial charge in [0, 0.05) is 40.2 Å². The summed E-state index contributed by atoms with van der Waals surface area (Å²) in [5, 5.41) is 17.4. The van der Waals surface area contributed by atoms with Crippen LogP contribution in [0.5, 0.6) is 0 Å². The van der Waals surface area contributed by atoms with Gasteiger partial charge in [-0.3, -0.25) is 10.1 Å². The van der Waals surface area contributed by atoms with E-state index in [1.165, 1.54) is 6.07 Å². The first-order valence-electron chi connectivity index (χ1n) is 6.64. The quantitative estimate of drug-likeness (QED) is 0.573. The Kier molecular flexibility index (Phi) is 5.16. The standard InChI is InChI=1S/C15H16BrN3O2/c1-2-6-17-13-8-14(10-15(9-13)19(20)21)18-12-5-3-4-11(16)7-12/h3-5,7-10,17-18H,2,6H2,1H3. The average molecular weight is 350 g/mol. The van der Waals surface area contributed by atoms with E-state index in [1.54, 1.807) is 6.07 Å². The van der Waals surface area contributed by atoms with Gasteiger partial charge in [0.25, 0.3) is 5.69 Å². The highest BCUT2D eigenvalue weighted by Crippen LogP contribution is 2.27. The molecule has 0 aliphatic heterocycles. The van der Waals surface area contributed by atoms with Gasteiger partial charge in [0.2, 0.25) is 0 Å². The fourth-order valence-corrected chi connectivity index (χ4v) is 2.29. The number of rotatable bonds is 6.